The first kappa shape index (κ1) is 20.0. The van der Waals surface area contributed by atoms with Crippen LogP contribution in [0.2, 0.25) is 0 Å². The fraction of sp³-hybridized carbons (Fsp3) is 0.700. The maximum atomic E-state index is 12.3. The number of aliphatic hydroxyl groups is 1. The third kappa shape index (κ3) is 3.22. The lowest BCUT2D eigenvalue weighted by Crippen LogP contribution is -2.45. The molecule has 3 aliphatic heterocycles. The molecule has 6 atom stereocenters. The molecule has 0 spiro atoms. The molecule has 2 saturated heterocycles. The van der Waals surface area contributed by atoms with E-state index in [4.69, 9.17) is 18.9 Å². The third-order valence-corrected chi connectivity index (χ3v) is 5.92. The van der Waals surface area contributed by atoms with E-state index in [2.05, 4.69) is 6.58 Å². The number of fused-ring (bicyclic) bond motifs is 3. The van der Waals surface area contributed by atoms with Gasteiger partial charge in [0.2, 0.25) is 0 Å². The fourth-order valence-corrected chi connectivity index (χ4v) is 4.14. The molecule has 0 aliphatic carbocycles. The summed E-state index contributed by atoms with van der Waals surface area (Å²) in [7, 11) is 1.51. The van der Waals surface area contributed by atoms with Crippen LogP contribution in [0.1, 0.15) is 40.5 Å². The average molecular weight is 380 g/mol. The number of carbonyl (C=O) groups excluding carboxylic acids is 2. The predicted molar refractivity (Wildman–Crippen MR) is 95.5 cm³/mol. The molecular weight excluding hydrogens is 352 g/mol. The van der Waals surface area contributed by atoms with Gasteiger partial charge in [-0.15, -0.1) is 0 Å². The van der Waals surface area contributed by atoms with E-state index in [1.807, 2.05) is 6.92 Å². The second-order valence-electron chi connectivity index (χ2n) is 8.20. The topological polar surface area (TPSA) is 91.3 Å². The van der Waals surface area contributed by atoms with Gasteiger partial charge >= 0.3 is 11.9 Å². The first-order valence-corrected chi connectivity index (χ1v) is 9.25. The lowest BCUT2D eigenvalue weighted by Gasteiger charge is -2.35. The van der Waals surface area contributed by atoms with Crippen molar-refractivity contribution in [3.63, 3.8) is 0 Å². The first-order chi connectivity index (χ1) is 12.5. The summed E-state index contributed by atoms with van der Waals surface area (Å²) in [6, 6.07) is 0. The van der Waals surface area contributed by atoms with Crippen molar-refractivity contribution in [2.24, 2.45) is 11.8 Å². The van der Waals surface area contributed by atoms with E-state index in [0.29, 0.717) is 5.57 Å². The van der Waals surface area contributed by atoms with Crippen molar-refractivity contribution in [2.75, 3.05) is 7.11 Å². The molecule has 0 aromatic heterocycles. The third-order valence-electron chi connectivity index (χ3n) is 5.92. The highest BCUT2D eigenvalue weighted by Crippen LogP contribution is 2.49. The molecule has 0 aromatic rings. The molecule has 0 amide bonds. The second kappa shape index (κ2) is 6.72. The number of carbonyl (C=O) groups is 2. The molecule has 0 saturated carbocycles. The van der Waals surface area contributed by atoms with Crippen LogP contribution in [-0.2, 0) is 28.5 Å². The van der Waals surface area contributed by atoms with E-state index in [0.717, 1.165) is 0 Å². The Labute approximate surface area is 159 Å². The van der Waals surface area contributed by atoms with Gasteiger partial charge in [-0.05, 0) is 25.5 Å². The highest BCUT2D eigenvalue weighted by atomic mass is 16.7. The highest BCUT2D eigenvalue weighted by molar-refractivity contribution is 5.91. The molecule has 3 aliphatic rings. The van der Waals surface area contributed by atoms with Crippen molar-refractivity contribution in [2.45, 2.75) is 70.2 Å². The van der Waals surface area contributed by atoms with Crippen molar-refractivity contribution in [1.82, 2.24) is 0 Å². The van der Waals surface area contributed by atoms with Gasteiger partial charge in [0.25, 0.3) is 0 Å². The minimum absolute atomic E-state index is 0.190. The summed E-state index contributed by atoms with van der Waals surface area (Å²) in [6.07, 6.45) is -0.00721. The Bertz CT molecular complexity index is 696. The van der Waals surface area contributed by atoms with Gasteiger partial charge in [-0.1, -0.05) is 20.4 Å². The average Bonchev–Trinajstić information content (AvgIpc) is 3.01. The Morgan fingerprint density at radius 3 is 2.67 bits per heavy atom. The number of hydrogen-bond acceptors (Lipinski definition) is 7. The number of aliphatic hydroxyl groups excluding tert-OH is 1. The molecule has 0 unspecified atom stereocenters. The maximum absolute atomic E-state index is 12.3. The summed E-state index contributed by atoms with van der Waals surface area (Å²) in [5, 5.41) is 10.7. The first-order valence-electron chi connectivity index (χ1n) is 9.25. The van der Waals surface area contributed by atoms with Gasteiger partial charge in [0.1, 0.15) is 12.2 Å². The molecular formula is C20H28O7. The molecule has 2 fully saturated rings. The van der Waals surface area contributed by atoms with Gasteiger partial charge in [-0.25, -0.2) is 4.79 Å². The maximum Gasteiger partial charge on any atom is 0.334 e. The van der Waals surface area contributed by atoms with E-state index in [9.17, 15) is 14.7 Å². The normalized spacial score (nSPS) is 43.3. The summed E-state index contributed by atoms with van der Waals surface area (Å²) in [4.78, 5) is 24.5. The monoisotopic (exact) mass is 380 g/mol. The van der Waals surface area contributed by atoms with Crippen molar-refractivity contribution in [1.29, 1.82) is 0 Å². The molecule has 7 nitrogen and oxygen atoms in total. The van der Waals surface area contributed by atoms with Crippen LogP contribution in [-0.4, -0.2) is 53.9 Å². The molecule has 7 heteroatoms. The lowest BCUT2D eigenvalue weighted by atomic mass is 9.80. The summed E-state index contributed by atoms with van der Waals surface area (Å²) >= 11 is 0. The highest BCUT2D eigenvalue weighted by Gasteiger charge is 2.59. The van der Waals surface area contributed by atoms with Crippen LogP contribution in [0.5, 0.6) is 0 Å². The van der Waals surface area contributed by atoms with Crippen LogP contribution < -0.4 is 0 Å². The Balaban J connectivity index is 2.08. The van der Waals surface area contributed by atoms with Crippen LogP contribution in [0.15, 0.2) is 23.8 Å². The fourth-order valence-electron chi connectivity index (χ4n) is 4.14. The standard InChI is InChI=1S/C20H28O7/c1-10(2)17(22)26-14-8-19(5)15(21)9-20(24-6,27-19)11(3)7-13-16(14)12(4)18(23)25-13/h7,10,13-16,21H,4,8-9H2,1-3,5-6H3/b11-7-/t13-,14+,15-,16-,19-,20-/m0/s1. The zero-order valence-electron chi connectivity index (χ0n) is 16.5. The summed E-state index contributed by atoms with van der Waals surface area (Å²) in [5.74, 6) is -2.90. The molecule has 0 aromatic carbocycles. The van der Waals surface area contributed by atoms with E-state index in [1.165, 1.54) is 7.11 Å². The largest absolute Gasteiger partial charge is 0.461 e. The molecule has 3 rings (SSSR count). The number of esters is 2. The minimum Gasteiger partial charge on any atom is -0.461 e. The molecule has 0 radical (unpaired) electrons. The van der Waals surface area contributed by atoms with Crippen molar-refractivity contribution in [3.8, 4) is 0 Å². The second-order valence-corrected chi connectivity index (χ2v) is 8.20. The Hall–Kier alpha value is -1.70. The predicted octanol–water partition coefficient (Wildman–Crippen LogP) is 1.88. The quantitative estimate of drug-likeness (QED) is 0.454. The summed E-state index contributed by atoms with van der Waals surface area (Å²) < 4.78 is 23.1. The molecule has 150 valence electrons. The van der Waals surface area contributed by atoms with Gasteiger partial charge in [-0.2, -0.15) is 0 Å². The van der Waals surface area contributed by atoms with Crippen LogP contribution >= 0.6 is 0 Å². The smallest absolute Gasteiger partial charge is 0.334 e. The van der Waals surface area contributed by atoms with E-state index < -0.39 is 41.6 Å². The number of methoxy groups -OCH3 is 1. The number of rotatable bonds is 3. The van der Waals surface area contributed by atoms with Crippen LogP contribution in [0.25, 0.3) is 0 Å². The van der Waals surface area contributed by atoms with Gasteiger partial charge < -0.3 is 24.1 Å². The Kier molecular flexibility index (Phi) is 4.99. The van der Waals surface area contributed by atoms with E-state index >= 15 is 0 Å². The molecule has 3 heterocycles. The Morgan fingerprint density at radius 2 is 2.07 bits per heavy atom. The number of ether oxygens (including phenoxy) is 4. The van der Waals surface area contributed by atoms with Crippen molar-refractivity contribution < 1.29 is 33.6 Å². The molecule has 27 heavy (non-hydrogen) atoms. The van der Waals surface area contributed by atoms with Crippen LogP contribution in [0.3, 0.4) is 0 Å². The zero-order valence-corrected chi connectivity index (χ0v) is 16.5. The SMILES string of the molecule is C=C1C(=O)O[C@H]2/C=C(/C)[C@]3(OC)C[C@H](O)[C@](C)(C[C@@H](OC(=O)C(C)C)[C@@H]12)O3. The van der Waals surface area contributed by atoms with E-state index in [1.54, 1.807) is 26.8 Å². The summed E-state index contributed by atoms with van der Waals surface area (Å²) in [6.45, 7) is 10.9. The van der Waals surface area contributed by atoms with E-state index in [-0.39, 0.29) is 30.3 Å². The summed E-state index contributed by atoms with van der Waals surface area (Å²) in [5.41, 5.74) is -0.0672. The van der Waals surface area contributed by atoms with Gasteiger partial charge in [0, 0.05) is 25.5 Å². The van der Waals surface area contributed by atoms with Gasteiger partial charge in [-0.3, -0.25) is 4.79 Å². The molecule has 1 N–H and O–H groups in total. The molecule has 2 bridgehead atoms. The Morgan fingerprint density at radius 1 is 1.41 bits per heavy atom. The zero-order chi connectivity index (χ0) is 20.1. The van der Waals surface area contributed by atoms with Crippen molar-refractivity contribution in [3.05, 3.63) is 23.8 Å². The van der Waals surface area contributed by atoms with Gasteiger partial charge in [0.15, 0.2) is 5.79 Å². The van der Waals surface area contributed by atoms with Gasteiger partial charge in [0.05, 0.1) is 23.5 Å². The lowest BCUT2D eigenvalue weighted by molar-refractivity contribution is -0.223. The number of hydrogen-bond donors (Lipinski definition) is 1. The van der Waals surface area contributed by atoms with Crippen LogP contribution in [0, 0.1) is 11.8 Å². The van der Waals surface area contributed by atoms with Crippen molar-refractivity contribution >= 4 is 11.9 Å². The minimum atomic E-state index is -1.12. The van der Waals surface area contributed by atoms with Crippen LogP contribution in [0.4, 0.5) is 0 Å².